The van der Waals surface area contributed by atoms with E-state index in [-0.39, 0.29) is 5.92 Å². The van der Waals surface area contributed by atoms with E-state index < -0.39 is 0 Å². The van der Waals surface area contributed by atoms with Crippen LogP contribution in [0.4, 0.5) is 0 Å². The second-order valence-electron chi connectivity index (χ2n) is 14.2. The van der Waals surface area contributed by atoms with Gasteiger partial charge in [-0.15, -0.1) is 0 Å². The highest BCUT2D eigenvalue weighted by Gasteiger charge is 2.46. The third-order valence-electron chi connectivity index (χ3n) is 11.3. The van der Waals surface area contributed by atoms with Gasteiger partial charge in [-0.05, 0) is 68.4 Å². The third kappa shape index (κ3) is 4.83. The minimum atomic E-state index is 0.282. The molecule has 12 rings (SSSR count). The first-order valence-electron chi connectivity index (χ1n) is 18.2. The first-order valence-corrected chi connectivity index (χ1v) is 18.2. The lowest BCUT2D eigenvalue weighted by atomic mass is 9.57. The molecule has 0 amide bonds. The van der Waals surface area contributed by atoms with Crippen LogP contribution in [0.15, 0.2) is 182 Å². The molecular weight excluding hydrogens is 645 g/mol. The lowest BCUT2D eigenvalue weighted by Crippen LogP contribution is -2.32. The van der Waals surface area contributed by atoms with Crippen LogP contribution in [0.25, 0.3) is 67.3 Å². The zero-order chi connectivity index (χ0) is 34.9. The summed E-state index contributed by atoms with van der Waals surface area (Å²) in [6.45, 7) is 0. The summed E-state index contributed by atoms with van der Waals surface area (Å²) >= 11 is 0. The fraction of sp³-hybridized carbons (Fsp3) is 0.0612. The van der Waals surface area contributed by atoms with E-state index in [1.165, 1.54) is 44.2 Å². The Bertz CT molecular complexity index is 2790. The molecule has 3 unspecified atom stereocenters. The molecule has 0 saturated carbocycles. The molecule has 4 heteroatoms. The van der Waals surface area contributed by atoms with Crippen LogP contribution in [0.1, 0.15) is 34.1 Å². The number of rotatable bonds is 5. The number of hydrogen-bond donors (Lipinski definition) is 0. The molecule has 0 saturated heterocycles. The van der Waals surface area contributed by atoms with Crippen molar-refractivity contribution in [3.8, 4) is 56.5 Å². The number of benzene rings is 6. The molecule has 2 bridgehead atoms. The van der Waals surface area contributed by atoms with E-state index in [1.807, 2.05) is 36.5 Å². The normalized spacial score (nSPS) is 17.7. The van der Waals surface area contributed by atoms with E-state index in [0.29, 0.717) is 29.3 Å². The van der Waals surface area contributed by atoms with Gasteiger partial charge in [-0.25, -0.2) is 15.0 Å². The number of aromatic nitrogens is 4. The molecule has 2 heterocycles. The highest BCUT2D eigenvalue weighted by Crippen LogP contribution is 2.60. The van der Waals surface area contributed by atoms with E-state index >= 15 is 0 Å². The van der Waals surface area contributed by atoms with Crippen molar-refractivity contribution in [1.29, 1.82) is 0 Å². The van der Waals surface area contributed by atoms with Crippen molar-refractivity contribution in [3.63, 3.8) is 0 Å². The van der Waals surface area contributed by atoms with Gasteiger partial charge in [-0.1, -0.05) is 151 Å². The van der Waals surface area contributed by atoms with Gasteiger partial charge in [0.25, 0.3) is 0 Å². The van der Waals surface area contributed by atoms with Crippen LogP contribution in [0, 0.1) is 5.92 Å². The predicted octanol–water partition coefficient (Wildman–Crippen LogP) is 11.5. The van der Waals surface area contributed by atoms with Gasteiger partial charge >= 0.3 is 0 Å². The van der Waals surface area contributed by atoms with Gasteiger partial charge in [-0.2, -0.15) is 0 Å². The second kappa shape index (κ2) is 11.9. The maximum Gasteiger partial charge on any atom is 0.165 e. The van der Waals surface area contributed by atoms with Crippen LogP contribution in [-0.2, 0) is 0 Å². The SMILES string of the molecule is C1=CC2C(=C1)C1c3ccccc3C2c2ccc(-c3ccc(-c4nc(-c5ccccc5)nc(-c5cccc(-c6cccc7ccccc67)c5)n4)cn3)cc21. The maximum absolute atomic E-state index is 5.06. The Hall–Kier alpha value is -6.78. The molecule has 0 radical (unpaired) electrons. The summed E-state index contributed by atoms with van der Waals surface area (Å²) in [5, 5.41) is 2.43. The summed E-state index contributed by atoms with van der Waals surface area (Å²) in [6.07, 6.45) is 8.87. The van der Waals surface area contributed by atoms with Crippen molar-refractivity contribution in [3.05, 3.63) is 204 Å². The zero-order valence-corrected chi connectivity index (χ0v) is 28.8. The lowest BCUT2D eigenvalue weighted by molar-refractivity contribution is 0.542. The van der Waals surface area contributed by atoms with Crippen molar-refractivity contribution in [2.75, 3.05) is 0 Å². The molecule has 0 aliphatic heterocycles. The molecule has 6 aromatic carbocycles. The van der Waals surface area contributed by atoms with Crippen molar-refractivity contribution in [2.24, 2.45) is 5.92 Å². The molecule has 4 nitrogen and oxygen atoms in total. The number of fused-ring (bicyclic) bond motifs is 1. The fourth-order valence-corrected chi connectivity index (χ4v) is 8.86. The molecule has 2 aromatic heterocycles. The van der Waals surface area contributed by atoms with Gasteiger partial charge in [0, 0.05) is 46.2 Å². The van der Waals surface area contributed by atoms with E-state index in [9.17, 15) is 0 Å². The van der Waals surface area contributed by atoms with Crippen molar-refractivity contribution < 1.29 is 0 Å². The maximum atomic E-state index is 5.06. The predicted molar refractivity (Wildman–Crippen MR) is 213 cm³/mol. The Morgan fingerprint density at radius 2 is 1.13 bits per heavy atom. The summed E-state index contributed by atoms with van der Waals surface area (Å²) in [6, 6.07) is 53.7. The van der Waals surface area contributed by atoms with Gasteiger partial charge in [0.05, 0.1) is 5.69 Å². The average Bonchev–Trinajstić information content (AvgIpc) is 3.74. The topological polar surface area (TPSA) is 51.6 Å². The van der Waals surface area contributed by atoms with Crippen LogP contribution < -0.4 is 0 Å². The first kappa shape index (κ1) is 29.9. The molecule has 0 spiro atoms. The first-order chi connectivity index (χ1) is 26.3. The molecule has 4 aliphatic carbocycles. The molecule has 4 aliphatic rings. The largest absolute Gasteiger partial charge is 0.255 e. The summed E-state index contributed by atoms with van der Waals surface area (Å²) in [5.74, 6) is 2.95. The number of hydrogen-bond acceptors (Lipinski definition) is 4. The van der Waals surface area contributed by atoms with Crippen LogP contribution in [-0.4, -0.2) is 19.9 Å². The number of pyridine rings is 1. The van der Waals surface area contributed by atoms with Crippen LogP contribution >= 0.6 is 0 Å². The Morgan fingerprint density at radius 1 is 0.453 bits per heavy atom. The minimum Gasteiger partial charge on any atom is -0.255 e. The van der Waals surface area contributed by atoms with Gasteiger partial charge in [0.1, 0.15) is 0 Å². The minimum absolute atomic E-state index is 0.282. The van der Waals surface area contributed by atoms with Gasteiger partial charge < -0.3 is 0 Å². The smallest absolute Gasteiger partial charge is 0.165 e. The van der Waals surface area contributed by atoms with Gasteiger partial charge in [0.2, 0.25) is 0 Å². The molecular formula is C49H32N4. The number of nitrogens with zero attached hydrogens (tertiary/aromatic N) is 4. The van der Waals surface area contributed by atoms with Crippen LogP contribution in [0.5, 0.6) is 0 Å². The Labute approximate surface area is 307 Å². The van der Waals surface area contributed by atoms with Crippen molar-refractivity contribution in [1.82, 2.24) is 19.9 Å². The van der Waals surface area contributed by atoms with E-state index in [1.54, 1.807) is 0 Å². The molecule has 0 fully saturated rings. The summed E-state index contributed by atoms with van der Waals surface area (Å²) < 4.78 is 0. The summed E-state index contributed by atoms with van der Waals surface area (Å²) in [5.41, 5.74) is 14.3. The van der Waals surface area contributed by atoms with Crippen LogP contribution in [0.2, 0.25) is 0 Å². The van der Waals surface area contributed by atoms with E-state index in [4.69, 9.17) is 19.9 Å². The second-order valence-corrected chi connectivity index (χ2v) is 14.2. The monoisotopic (exact) mass is 676 g/mol. The Morgan fingerprint density at radius 3 is 2.00 bits per heavy atom. The molecule has 0 N–H and O–H groups in total. The molecule has 53 heavy (non-hydrogen) atoms. The van der Waals surface area contributed by atoms with Crippen molar-refractivity contribution in [2.45, 2.75) is 11.8 Å². The Kier molecular flexibility index (Phi) is 6.71. The zero-order valence-electron chi connectivity index (χ0n) is 28.8. The Balaban J connectivity index is 0.975. The standard InChI is InChI=1S/C49H32N4/c1-2-12-31(13-3-1)47-51-48(34-16-8-15-32(27-34)37-20-9-14-30-11-4-5-17-36(30)37)53-49(52-47)35-24-26-44(50-29-35)33-23-25-42-43(28-33)46-39-19-7-6-18-38(39)45(42)40-21-10-22-41(40)46/h1-29,40,45-46H. The van der Waals surface area contributed by atoms with E-state index in [2.05, 4.69) is 140 Å². The summed E-state index contributed by atoms with van der Waals surface area (Å²) in [4.78, 5) is 20.1. The molecule has 8 aromatic rings. The molecule has 248 valence electrons. The molecule has 3 atom stereocenters. The van der Waals surface area contributed by atoms with E-state index in [0.717, 1.165) is 33.5 Å². The quantitative estimate of drug-likeness (QED) is 0.182. The fourth-order valence-electron chi connectivity index (χ4n) is 8.86. The number of allylic oxidation sites excluding steroid dienone is 4. The highest BCUT2D eigenvalue weighted by molar-refractivity contribution is 5.97. The third-order valence-corrected chi connectivity index (χ3v) is 11.3. The average molecular weight is 677 g/mol. The van der Waals surface area contributed by atoms with Gasteiger partial charge in [0.15, 0.2) is 17.5 Å². The van der Waals surface area contributed by atoms with Gasteiger partial charge in [-0.3, -0.25) is 4.98 Å². The summed E-state index contributed by atoms with van der Waals surface area (Å²) in [7, 11) is 0. The lowest BCUT2D eigenvalue weighted by Gasteiger charge is -2.45. The highest BCUT2D eigenvalue weighted by atomic mass is 15.0. The van der Waals surface area contributed by atoms with Crippen molar-refractivity contribution >= 4 is 10.8 Å². The van der Waals surface area contributed by atoms with Crippen LogP contribution in [0.3, 0.4) is 0 Å².